The zero-order valence-electron chi connectivity index (χ0n) is 13.0. The van der Waals surface area contributed by atoms with Gasteiger partial charge in [0.15, 0.2) is 5.54 Å². The average Bonchev–Trinajstić information content (AvgIpc) is 2.49. The van der Waals surface area contributed by atoms with Crippen LogP contribution >= 0.6 is 0 Å². The van der Waals surface area contributed by atoms with E-state index in [1.807, 2.05) is 37.3 Å². The first kappa shape index (κ1) is 16.0. The summed E-state index contributed by atoms with van der Waals surface area (Å²) in [7, 11) is 0. The zero-order valence-corrected chi connectivity index (χ0v) is 13.0. The van der Waals surface area contributed by atoms with Crippen LogP contribution < -0.4 is 5.32 Å². The Kier molecular flexibility index (Phi) is 5.37. The Morgan fingerprint density at radius 1 is 1.38 bits per heavy atom. The molecule has 0 aliphatic carbocycles. The molecule has 116 valence electrons. The second-order valence-electron chi connectivity index (χ2n) is 5.92. The molecule has 1 aromatic carbocycles. The Bertz CT molecular complexity index is 463. The Labute approximate surface area is 127 Å². The van der Waals surface area contributed by atoms with E-state index in [1.54, 1.807) is 0 Å². The summed E-state index contributed by atoms with van der Waals surface area (Å²) in [4.78, 5) is 14.4. The summed E-state index contributed by atoms with van der Waals surface area (Å²) in [5.41, 5.74) is -0.196. The summed E-state index contributed by atoms with van der Waals surface area (Å²) in [5, 5.41) is 13.2. The molecule has 1 aliphatic rings. The van der Waals surface area contributed by atoms with E-state index in [9.17, 15) is 9.90 Å². The third-order valence-corrected chi connectivity index (χ3v) is 4.49. The van der Waals surface area contributed by atoms with Crippen molar-refractivity contribution >= 4 is 5.97 Å². The van der Waals surface area contributed by atoms with E-state index >= 15 is 0 Å². The number of carboxylic acids is 1. The number of likely N-dealkylation sites (N-methyl/N-ethyl adjacent to an activating group) is 1. The van der Waals surface area contributed by atoms with Crippen LogP contribution in [-0.2, 0) is 10.3 Å². The van der Waals surface area contributed by atoms with Crippen molar-refractivity contribution in [3.63, 3.8) is 0 Å². The number of nitrogens with zero attached hydrogens (tertiary/aromatic N) is 1. The number of carboxylic acid groups (broad SMARTS) is 1. The standard InChI is InChI=1S/C17H26N2O2/c1-3-18-17(16(20)21,15-10-5-4-6-11-15)13-19-12-8-7-9-14(19)2/h4-6,10-11,14,18H,3,7-9,12-13H2,1-2H3,(H,20,21). The van der Waals surface area contributed by atoms with Crippen molar-refractivity contribution in [1.82, 2.24) is 10.2 Å². The highest BCUT2D eigenvalue weighted by molar-refractivity contribution is 5.81. The smallest absolute Gasteiger partial charge is 0.329 e. The van der Waals surface area contributed by atoms with Crippen LogP contribution in [0.1, 0.15) is 38.7 Å². The van der Waals surface area contributed by atoms with Gasteiger partial charge in [-0.25, -0.2) is 4.79 Å². The van der Waals surface area contributed by atoms with Crippen molar-refractivity contribution in [2.45, 2.75) is 44.7 Å². The summed E-state index contributed by atoms with van der Waals surface area (Å²) in [6.45, 7) is 6.28. The number of aliphatic carboxylic acids is 1. The highest BCUT2D eigenvalue weighted by atomic mass is 16.4. The van der Waals surface area contributed by atoms with Crippen molar-refractivity contribution in [2.24, 2.45) is 0 Å². The first-order chi connectivity index (χ1) is 10.1. The molecule has 1 aromatic rings. The summed E-state index contributed by atoms with van der Waals surface area (Å²) in [5.74, 6) is -0.798. The van der Waals surface area contributed by atoms with Gasteiger partial charge < -0.3 is 5.11 Å². The molecule has 0 bridgehead atoms. The quantitative estimate of drug-likeness (QED) is 0.845. The molecule has 21 heavy (non-hydrogen) atoms. The van der Waals surface area contributed by atoms with Crippen LogP contribution in [0.2, 0.25) is 0 Å². The average molecular weight is 290 g/mol. The first-order valence-electron chi connectivity index (χ1n) is 7.88. The summed E-state index contributed by atoms with van der Waals surface area (Å²) < 4.78 is 0. The fraction of sp³-hybridized carbons (Fsp3) is 0.588. The largest absolute Gasteiger partial charge is 0.480 e. The molecule has 2 N–H and O–H groups in total. The number of piperidine rings is 1. The summed E-state index contributed by atoms with van der Waals surface area (Å²) in [6, 6.07) is 10.00. The van der Waals surface area contributed by atoms with Crippen LogP contribution in [0, 0.1) is 0 Å². The van der Waals surface area contributed by atoms with Gasteiger partial charge in [0.1, 0.15) is 0 Å². The molecule has 0 aromatic heterocycles. The maximum atomic E-state index is 12.1. The van der Waals surface area contributed by atoms with Crippen LogP contribution in [0.25, 0.3) is 0 Å². The maximum absolute atomic E-state index is 12.1. The molecule has 1 fully saturated rings. The van der Waals surface area contributed by atoms with Crippen LogP contribution in [0.15, 0.2) is 30.3 Å². The summed E-state index contributed by atoms with van der Waals surface area (Å²) >= 11 is 0. The first-order valence-corrected chi connectivity index (χ1v) is 7.88. The van der Waals surface area contributed by atoms with E-state index in [4.69, 9.17) is 0 Å². The minimum Gasteiger partial charge on any atom is -0.480 e. The van der Waals surface area contributed by atoms with Gasteiger partial charge in [-0.1, -0.05) is 43.7 Å². The van der Waals surface area contributed by atoms with Crippen molar-refractivity contribution < 1.29 is 9.90 Å². The molecule has 0 spiro atoms. The molecule has 0 radical (unpaired) electrons. The monoisotopic (exact) mass is 290 g/mol. The highest BCUT2D eigenvalue weighted by Gasteiger charge is 2.42. The van der Waals surface area contributed by atoms with E-state index in [0.29, 0.717) is 19.1 Å². The van der Waals surface area contributed by atoms with Gasteiger partial charge in [-0.05, 0) is 38.4 Å². The Hall–Kier alpha value is -1.39. The predicted molar refractivity (Wildman–Crippen MR) is 84.3 cm³/mol. The van der Waals surface area contributed by atoms with Crippen LogP contribution in [0.3, 0.4) is 0 Å². The highest BCUT2D eigenvalue weighted by Crippen LogP contribution is 2.27. The molecule has 2 atom stereocenters. The molecule has 1 saturated heterocycles. The molecule has 1 heterocycles. The lowest BCUT2D eigenvalue weighted by molar-refractivity contribution is -0.146. The third-order valence-electron chi connectivity index (χ3n) is 4.49. The second-order valence-corrected chi connectivity index (χ2v) is 5.92. The van der Waals surface area contributed by atoms with Crippen molar-refractivity contribution in [3.8, 4) is 0 Å². The number of nitrogens with one attached hydrogen (secondary N) is 1. The Morgan fingerprint density at radius 3 is 2.67 bits per heavy atom. The SMILES string of the molecule is CCNC(CN1CCCCC1C)(C(=O)O)c1ccccc1. The van der Waals surface area contributed by atoms with Crippen LogP contribution in [0.5, 0.6) is 0 Å². The molecule has 4 nitrogen and oxygen atoms in total. The van der Waals surface area contributed by atoms with Gasteiger partial charge in [0.2, 0.25) is 0 Å². The normalized spacial score (nSPS) is 22.7. The van der Waals surface area contributed by atoms with Crippen LogP contribution in [0.4, 0.5) is 0 Å². The van der Waals surface area contributed by atoms with Gasteiger partial charge in [-0.2, -0.15) is 0 Å². The summed E-state index contributed by atoms with van der Waals surface area (Å²) in [6.07, 6.45) is 3.54. The van der Waals surface area contributed by atoms with Gasteiger partial charge in [-0.15, -0.1) is 0 Å². The third kappa shape index (κ3) is 3.44. The number of benzene rings is 1. The minimum absolute atomic E-state index is 0.444. The van der Waals surface area contributed by atoms with E-state index in [-0.39, 0.29) is 0 Å². The lowest BCUT2D eigenvalue weighted by Crippen LogP contribution is -2.58. The molecular weight excluding hydrogens is 264 g/mol. The Balaban J connectivity index is 2.33. The molecule has 1 aliphatic heterocycles. The fourth-order valence-electron chi connectivity index (χ4n) is 3.24. The molecule has 2 unspecified atom stereocenters. The molecular formula is C17H26N2O2. The maximum Gasteiger partial charge on any atom is 0.329 e. The van der Waals surface area contributed by atoms with Gasteiger partial charge >= 0.3 is 5.97 Å². The number of likely N-dealkylation sites (tertiary alicyclic amines) is 1. The van der Waals surface area contributed by atoms with E-state index in [2.05, 4.69) is 17.1 Å². The predicted octanol–water partition coefficient (Wildman–Crippen LogP) is 2.45. The van der Waals surface area contributed by atoms with Crippen molar-refractivity contribution in [1.29, 1.82) is 0 Å². The number of rotatable bonds is 6. The fourth-order valence-corrected chi connectivity index (χ4v) is 3.24. The zero-order chi connectivity index (χ0) is 15.3. The molecule has 0 saturated carbocycles. The number of hydrogen-bond donors (Lipinski definition) is 2. The van der Waals surface area contributed by atoms with Gasteiger partial charge in [0.05, 0.1) is 0 Å². The second kappa shape index (κ2) is 7.05. The lowest BCUT2D eigenvalue weighted by Gasteiger charge is -2.41. The van der Waals surface area contributed by atoms with E-state index in [0.717, 1.165) is 24.9 Å². The molecule has 4 heteroatoms. The number of hydrogen-bond acceptors (Lipinski definition) is 3. The van der Waals surface area contributed by atoms with E-state index < -0.39 is 11.5 Å². The minimum atomic E-state index is -1.03. The van der Waals surface area contributed by atoms with Gasteiger partial charge in [0, 0.05) is 12.6 Å². The Morgan fingerprint density at radius 2 is 2.10 bits per heavy atom. The van der Waals surface area contributed by atoms with Gasteiger partial charge in [-0.3, -0.25) is 10.2 Å². The lowest BCUT2D eigenvalue weighted by atomic mass is 9.87. The molecule has 0 amide bonds. The molecule has 2 rings (SSSR count). The van der Waals surface area contributed by atoms with Crippen molar-refractivity contribution in [3.05, 3.63) is 35.9 Å². The van der Waals surface area contributed by atoms with Gasteiger partial charge in [0.25, 0.3) is 0 Å². The number of carbonyl (C=O) groups is 1. The van der Waals surface area contributed by atoms with Crippen LogP contribution in [-0.4, -0.2) is 41.7 Å². The topological polar surface area (TPSA) is 52.6 Å². The van der Waals surface area contributed by atoms with Crippen molar-refractivity contribution in [2.75, 3.05) is 19.6 Å². The van der Waals surface area contributed by atoms with E-state index in [1.165, 1.54) is 6.42 Å².